The number of fused-ring (bicyclic) bond motifs is 3. The number of H-pyrrole nitrogens is 1. The summed E-state index contributed by atoms with van der Waals surface area (Å²) in [6.07, 6.45) is 0. The van der Waals surface area contributed by atoms with Crippen molar-refractivity contribution >= 4 is 21.8 Å². The summed E-state index contributed by atoms with van der Waals surface area (Å²) in [4.78, 5) is 3.57. The first-order valence-corrected chi connectivity index (χ1v) is 6.90. The van der Waals surface area contributed by atoms with Crippen molar-refractivity contribution in [2.75, 3.05) is 0 Å². The van der Waals surface area contributed by atoms with Crippen LogP contribution < -0.4 is 0 Å². The maximum Gasteiger partial charge on any atom is 0.0544 e. The second kappa shape index (κ2) is 4.24. The van der Waals surface area contributed by atoms with Gasteiger partial charge in [-0.1, -0.05) is 60.7 Å². The predicted octanol–water partition coefficient (Wildman–Crippen LogP) is 5.30. The van der Waals surface area contributed by atoms with Gasteiger partial charge in [0.1, 0.15) is 0 Å². The molecule has 0 bridgehead atoms. The highest BCUT2D eigenvalue weighted by Crippen LogP contribution is 2.34. The summed E-state index contributed by atoms with van der Waals surface area (Å²) >= 11 is 0. The molecule has 4 aromatic rings. The van der Waals surface area contributed by atoms with Crippen molar-refractivity contribution < 1.29 is 0 Å². The zero-order valence-electron chi connectivity index (χ0n) is 11.4. The van der Waals surface area contributed by atoms with Crippen LogP contribution >= 0.6 is 0 Å². The van der Waals surface area contributed by atoms with Crippen LogP contribution in [-0.4, -0.2) is 4.98 Å². The SMILES string of the molecule is Cc1ccccc1-c1cccc2c1[nH]c1ccccc12. The van der Waals surface area contributed by atoms with Crippen LogP contribution in [0.25, 0.3) is 32.9 Å². The highest BCUT2D eigenvalue weighted by atomic mass is 14.7. The van der Waals surface area contributed by atoms with Gasteiger partial charge in [-0.05, 0) is 24.1 Å². The van der Waals surface area contributed by atoms with Gasteiger partial charge in [0.05, 0.1) is 5.52 Å². The molecule has 1 heterocycles. The summed E-state index contributed by atoms with van der Waals surface area (Å²) in [5.74, 6) is 0. The number of aromatic nitrogens is 1. The minimum Gasteiger partial charge on any atom is -0.354 e. The van der Waals surface area contributed by atoms with Crippen LogP contribution in [-0.2, 0) is 0 Å². The molecule has 4 rings (SSSR count). The minimum atomic E-state index is 1.20. The van der Waals surface area contributed by atoms with E-state index in [0.717, 1.165) is 0 Å². The molecule has 0 aliphatic carbocycles. The lowest BCUT2D eigenvalue weighted by Gasteiger charge is -2.07. The van der Waals surface area contributed by atoms with Crippen molar-refractivity contribution in [2.45, 2.75) is 6.92 Å². The van der Waals surface area contributed by atoms with Gasteiger partial charge in [0.15, 0.2) is 0 Å². The van der Waals surface area contributed by atoms with E-state index in [4.69, 9.17) is 0 Å². The lowest BCUT2D eigenvalue weighted by atomic mass is 9.98. The molecule has 96 valence electrons. The predicted molar refractivity (Wildman–Crippen MR) is 86.0 cm³/mol. The van der Waals surface area contributed by atoms with E-state index in [-0.39, 0.29) is 0 Å². The molecule has 1 aromatic heterocycles. The Kier molecular flexibility index (Phi) is 2.40. The fourth-order valence-electron chi connectivity index (χ4n) is 2.97. The molecule has 1 heteroatoms. The third-order valence-corrected chi connectivity index (χ3v) is 3.98. The molecule has 0 aliphatic heterocycles. The molecule has 0 amide bonds. The quantitative estimate of drug-likeness (QED) is 0.476. The van der Waals surface area contributed by atoms with Crippen LogP contribution in [0.5, 0.6) is 0 Å². The topological polar surface area (TPSA) is 15.8 Å². The van der Waals surface area contributed by atoms with Gasteiger partial charge >= 0.3 is 0 Å². The summed E-state index contributed by atoms with van der Waals surface area (Å²) in [6.45, 7) is 2.16. The van der Waals surface area contributed by atoms with Gasteiger partial charge in [-0.25, -0.2) is 0 Å². The molecular formula is C19H15N. The highest BCUT2D eigenvalue weighted by Gasteiger charge is 2.10. The van der Waals surface area contributed by atoms with Crippen molar-refractivity contribution in [2.24, 2.45) is 0 Å². The monoisotopic (exact) mass is 257 g/mol. The summed E-state index contributed by atoms with van der Waals surface area (Å²) in [7, 11) is 0. The molecule has 0 fully saturated rings. The first-order valence-electron chi connectivity index (χ1n) is 6.90. The average Bonchev–Trinajstić information content (AvgIpc) is 2.86. The number of rotatable bonds is 1. The Morgan fingerprint density at radius 2 is 1.35 bits per heavy atom. The van der Waals surface area contributed by atoms with Gasteiger partial charge in [-0.3, -0.25) is 0 Å². The van der Waals surface area contributed by atoms with Gasteiger partial charge < -0.3 is 4.98 Å². The molecule has 3 aromatic carbocycles. The number of nitrogens with one attached hydrogen (secondary N) is 1. The molecule has 1 N–H and O–H groups in total. The average molecular weight is 257 g/mol. The van der Waals surface area contributed by atoms with Gasteiger partial charge in [0, 0.05) is 21.9 Å². The van der Waals surface area contributed by atoms with E-state index in [2.05, 4.69) is 78.6 Å². The summed E-state index contributed by atoms with van der Waals surface area (Å²) in [5.41, 5.74) is 6.30. The van der Waals surface area contributed by atoms with Crippen LogP contribution in [0.4, 0.5) is 0 Å². The molecule has 0 atom stereocenters. The van der Waals surface area contributed by atoms with Crippen molar-refractivity contribution in [1.29, 1.82) is 0 Å². The molecule has 0 saturated carbocycles. The fourth-order valence-corrected chi connectivity index (χ4v) is 2.97. The van der Waals surface area contributed by atoms with Crippen LogP contribution in [0.3, 0.4) is 0 Å². The molecule has 0 aliphatic rings. The lowest BCUT2D eigenvalue weighted by Crippen LogP contribution is -1.84. The molecule has 0 spiro atoms. The molecule has 20 heavy (non-hydrogen) atoms. The largest absolute Gasteiger partial charge is 0.354 e. The van der Waals surface area contributed by atoms with Crippen molar-refractivity contribution in [3.63, 3.8) is 0 Å². The Bertz CT molecular complexity index is 915. The summed E-state index contributed by atoms with van der Waals surface area (Å²) < 4.78 is 0. The second-order valence-electron chi connectivity index (χ2n) is 5.21. The number of aromatic amines is 1. The Labute approximate surface area is 117 Å². The standard InChI is InChI=1S/C19H15N/c1-13-7-2-3-8-14(13)16-10-6-11-17-15-9-4-5-12-18(15)20-19(16)17/h2-12,20H,1H3. The molecule has 0 unspecified atom stereocenters. The Hall–Kier alpha value is -2.54. The van der Waals surface area contributed by atoms with Crippen LogP contribution in [0.1, 0.15) is 5.56 Å². The Morgan fingerprint density at radius 3 is 2.25 bits per heavy atom. The van der Waals surface area contributed by atoms with E-state index in [0.29, 0.717) is 0 Å². The fraction of sp³-hybridized carbons (Fsp3) is 0.0526. The third-order valence-electron chi connectivity index (χ3n) is 3.98. The number of para-hydroxylation sites is 2. The maximum atomic E-state index is 3.57. The maximum absolute atomic E-state index is 3.57. The highest BCUT2D eigenvalue weighted by molar-refractivity contribution is 6.11. The van der Waals surface area contributed by atoms with Gasteiger partial charge in [0.25, 0.3) is 0 Å². The lowest BCUT2D eigenvalue weighted by molar-refractivity contribution is 1.45. The Balaban J connectivity index is 2.13. The van der Waals surface area contributed by atoms with Crippen molar-refractivity contribution in [3.8, 4) is 11.1 Å². The number of aryl methyl sites for hydroxylation is 1. The van der Waals surface area contributed by atoms with Crippen molar-refractivity contribution in [3.05, 3.63) is 72.3 Å². The molecular weight excluding hydrogens is 242 g/mol. The van der Waals surface area contributed by atoms with Crippen LogP contribution in [0, 0.1) is 6.92 Å². The third kappa shape index (κ3) is 1.56. The number of benzene rings is 3. The van der Waals surface area contributed by atoms with E-state index in [1.165, 1.54) is 38.5 Å². The summed E-state index contributed by atoms with van der Waals surface area (Å²) in [6, 6.07) is 23.6. The van der Waals surface area contributed by atoms with Crippen LogP contribution in [0.15, 0.2) is 66.7 Å². The minimum absolute atomic E-state index is 1.20. The number of hydrogen-bond donors (Lipinski definition) is 1. The smallest absolute Gasteiger partial charge is 0.0544 e. The van der Waals surface area contributed by atoms with Gasteiger partial charge in [-0.15, -0.1) is 0 Å². The van der Waals surface area contributed by atoms with Crippen molar-refractivity contribution in [1.82, 2.24) is 4.98 Å². The van der Waals surface area contributed by atoms with Gasteiger partial charge in [0.2, 0.25) is 0 Å². The zero-order chi connectivity index (χ0) is 13.5. The molecule has 1 nitrogen and oxygen atoms in total. The molecule has 0 radical (unpaired) electrons. The van der Waals surface area contributed by atoms with E-state index in [1.807, 2.05) is 0 Å². The summed E-state index contributed by atoms with van der Waals surface area (Å²) in [5, 5.41) is 2.58. The zero-order valence-corrected chi connectivity index (χ0v) is 11.4. The van der Waals surface area contributed by atoms with E-state index in [9.17, 15) is 0 Å². The van der Waals surface area contributed by atoms with Gasteiger partial charge in [-0.2, -0.15) is 0 Å². The second-order valence-corrected chi connectivity index (χ2v) is 5.21. The number of hydrogen-bond acceptors (Lipinski definition) is 0. The first-order chi connectivity index (χ1) is 9.84. The molecule has 0 saturated heterocycles. The Morgan fingerprint density at radius 1 is 0.650 bits per heavy atom. The van der Waals surface area contributed by atoms with Crippen LogP contribution in [0.2, 0.25) is 0 Å². The van der Waals surface area contributed by atoms with E-state index in [1.54, 1.807) is 0 Å². The van der Waals surface area contributed by atoms with E-state index >= 15 is 0 Å². The normalized spacial score (nSPS) is 11.2. The first kappa shape index (κ1) is 11.3. The van der Waals surface area contributed by atoms with E-state index < -0.39 is 0 Å².